The van der Waals surface area contributed by atoms with Gasteiger partial charge in [-0.05, 0) is 47.2 Å². The molecule has 2 aromatic carbocycles. The van der Waals surface area contributed by atoms with E-state index in [1.54, 1.807) is 12.1 Å². The predicted molar refractivity (Wildman–Crippen MR) is 71.7 cm³/mol. The number of hydrogen-bond acceptors (Lipinski definition) is 1. The molecule has 4 rings (SSSR count). The summed E-state index contributed by atoms with van der Waals surface area (Å²) in [6.45, 7) is 0.764. The van der Waals surface area contributed by atoms with Crippen LogP contribution in [0.3, 0.4) is 0 Å². The van der Waals surface area contributed by atoms with Gasteiger partial charge in [0.15, 0.2) is 0 Å². The molecule has 0 radical (unpaired) electrons. The minimum absolute atomic E-state index is 0.0225. The molecule has 0 spiro atoms. The Labute approximate surface area is 112 Å². The summed E-state index contributed by atoms with van der Waals surface area (Å²) in [6.07, 6.45) is 1.93. The van der Waals surface area contributed by atoms with E-state index in [-0.39, 0.29) is 11.9 Å². The van der Waals surface area contributed by atoms with E-state index < -0.39 is 0 Å². The Morgan fingerprint density at radius 2 is 1.84 bits per heavy atom. The largest absolute Gasteiger partial charge is 0.373 e. The van der Waals surface area contributed by atoms with Crippen molar-refractivity contribution >= 4 is 0 Å². The summed E-state index contributed by atoms with van der Waals surface area (Å²) < 4.78 is 19.5. The van der Waals surface area contributed by atoms with Gasteiger partial charge >= 0.3 is 0 Å². The second-order valence-corrected chi connectivity index (χ2v) is 5.41. The number of ether oxygens (including phenoxy) is 1. The van der Waals surface area contributed by atoms with E-state index in [1.807, 2.05) is 6.07 Å². The van der Waals surface area contributed by atoms with E-state index in [1.165, 1.54) is 16.7 Å². The summed E-state index contributed by atoms with van der Waals surface area (Å²) in [4.78, 5) is 0. The number of hydrogen-bond donors (Lipinski definition) is 0. The summed E-state index contributed by atoms with van der Waals surface area (Å²) in [7, 11) is 0. The summed E-state index contributed by atoms with van der Waals surface area (Å²) in [6, 6.07) is 13.7. The fraction of sp³-hybridized carbons (Fsp3) is 0.294. The van der Waals surface area contributed by atoms with Gasteiger partial charge in [-0.1, -0.05) is 30.3 Å². The molecule has 2 heteroatoms. The van der Waals surface area contributed by atoms with Crippen molar-refractivity contribution in [1.82, 2.24) is 0 Å². The van der Waals surface area contributed by atoms with Crippen LogP contribution in [0.4, 0.5) is 4.39 Å². The Balaban J connectivity index is 1.94. The molecule has 1 heterocycles. The van der Waals surface area contributed by atoms with Gasteiger partial charge in [-0.15, -0.1) is 0 Å². The molecule has 0 N–H and O–H groups in total. The van der Waals surface area contributed by atoms with Gasteiger partial charge in [0.25, 0.3) is 0 Å². The fourth-order valence-electron chi connectivity index (χ4n) is 3.47. The molecule has 2 atom stereocenters. The molecule has 96 valence electrons. The maximum atomic E-state index is 13.6. The van der Waals surface area contributed by atoms with Gasteiger partial charge in [0.2, 0.25) is 0 Å². The number of rotatable bonds is 0. The molecule has 0 bridgehead atoms. The third kappa shape index (κ3) is 1.71. The van der Waals surface area contributed by atoms with Crippen molar-refractivity contribution in [3.8, 4) is 0 Å². The van der Waals surface area contributed by atoms with Crippen LogP contribution in [0.15, 0.2) is 42.5 Å². The Morgan fingerprint density at radius 3 is 2.79 bits per heavy atom. The average Bonchev–Trinajstić information content (AvgIpc) is 2.86. The molecular formula is C17H15FO. The summed E-state index contributed by atoms with van der Waals surface area (Å²) in [5.41, 5.74) is 4.97. The molecule has 2 aromatic rings. The molecule has 1 saturated heterocycles. The SMILES string of the molecule is Fc1ccc2c(c1)[C@H]1OCC[C@@H]1c1ccccc1C2. The number of fused-ring (bicyclic) bond motifs is 5. The van der Waals surface area contributed by atoms with E-state index in [0.29, 0.717) is 5.92 Å². The van der Waals surface area contributed by atoms with Crippen LogP contribution >= 0.6 is 0 Å². The molecule has 0 aromatic heterocycles. The van der Waals surface area contributed by atoms with Crippen LogP contribution in [0.2, 0.25) is 0 Å². The molecule has 0 unspecified atom stereocenters. The van der Waals surface area contributed by atoms with Gasteiger partial charge in [-0.25, -0.2) is 4.39 Å². The van der Waals surface area contributed by atoms with E-state index in [0.717, 1.165) is 25.0 Å². The third-order valence-corrected chi connectivity index (χ3v) is 4.34. The maximum Gasteiger partial charge on any atom is 0.123 e. The smallest absolute Gasteiger partial charge is 0.123 e. The highest BCUT2D eigenvalue weighted by molar-refractivity contribution is 5.45. The lowest BCUT2D eigenvalue weighted by atomic mass is 9.88. The van der Waals surface area contributed by atoms with Gasteiger partial charge < -0.3 is 4.74 Å². The Morgan fingerprint density at radius 1 is 1.00 bits per heavy atom. The number of benzene rings is 2. The van der Waals surface area contributed by atoms with Crippen LogP contribution in [0, 0.1) is 5.82 Å². The molecular weight excluding hydrogens is 239 g/mol. The number of halogens is 1. The van der Waals surface area contributed by atoms with Gasteiger partial charge in [-0.2, -0.15) is 0 Å². The zero-order chi connectivity index (χ0) is 12.8. The van der Waals surface area contributed by atoms with Crippen LogP contribution in [0.5, 0.6) is 0 Å². The highest BCUT2D eigenvalue weighted by Crippen LogP contribution is 2.46. The zero-order valence-electron chi connectivity index (χ0n) is 10.6. The third-order valence-electron chi connectivity index (χ3n) is 4.34. The van der Waals surface area contributed by atoms with Gasteiger partial charge in [0, 0.05) is 12.5 Å². The first-order chi connectivity index (χ1) is 9.33. The highest BCUT2D eigenvalue weighted by Gasteiger charge is 2.35. The van der Waals surface area contributed by atoms with Crippen molar-refractivity contribution in [3.05, 3.63) is 70.5 Å². The molecule has 1 aliphatic carbocycles. The van der Waals surface area contributed by atoms with Crippen LogP contribution < -0.4 is 0 Å². The van der Waals surface area contributed by atoms with Crippen molar-refractivity contribution < 1.29 is 9.13 Å². The summed E-state index contributed by atoms with van der Waals surface area (Å²) in [5, 5.41) is 0. The average molecular weight is 254 g/mol. The van der Waals surface area contributed by atoms with Gasteiger partial charge in [0.05, 0.1) is 6.10 Å². The summed E-state index contributed by atoms with van der Waals surface area (Å²) in [5.74, 6) is 0.207. The van der Waals surface area contributed by atoms with Crippen molar-refractivity contribution in [2.45, 2.75) is 24.9 Å². The van der Waals surface area contributed by atoms with E-state index >= 15 is 0 Å². The molecule has 1 aliphatic heterocycles. The molecule has 19 heavy (non-hydrogen) atoms. The van der Waals surface area contributed by atoms with Crippen LogP contribution in [0.25, 0.3) is 0 Å². The molecule has 2 aliphatic rings. The first-order valence-electron chi connectivity index (χ1n) is 6.80. The first-order valence-corrected chi connectivity index (χ1v) is 6.80. The molecule has 0 amide bonds. The lowest BCUT2D eigenvalue weighted by molar-refractivity contribution is 0.104. The topological polar surface area (TPSA) is 9.23 Å². The first kappa shape index (κ1) is 11.2. The zero-order valence-corrected chi connectivity index (χ0v) is 10.6. The monoisotopic (exact) mass is 254 g/mol. The molecule has 0 saturated carbocycles. The van der Waals surface area contributed by atoms with E-state index in [9.17, 15) is 4.39 Å². The second kappa shape index (κ2) is 4.17. The Hall–Kier alpha value is -1.67. The lowest BCUT2D eigenvalue weighted by Gasteiger charge is -2.19. The quantitative estimate of drug-likeness (QED) is 0.691. The Bertz CT molecular complexity index is 635. The predicted octanol–water partition coefficient (Wildman–Crippen LogP) is 3.98. The highest BCUT2D eigenvalue weighted by atomic mass is 19.1. The van der Waals surface area contributed by atoms with E-state index in [2.05, 4.69) is 24.3 Å². The Kier molecular flexibility index (Phi) is 2.46. The molecule has 1 nitrogen and oxygen atoms in total. The fourth-order valence-corrected chi connectivity index (χ4v) is 3.47. The van der Waals surface area contributed by atoms with Crippen molar-refractivity contribution in [1.29, 1.82) is 0 Å². The van der Waals surface area contributed by atoms with Gasteiger partial charge in [-0.3, -0.25) is 0 Å². The van der Waals surface area contributed by atoms with Crippen LogP contribution in [-0.2, 0) is 11.2 Å². The minimum atomic E-state index is -0.168. The normalized spacial score (nSPS) is 24.3. The lowest BCUT2D eigenvalue weighted by Crippen LogP contribution is -2.06. The maximum absolute atomic E-state index is 13.6. The summed E-state index contributed by atoms with van der Waals surface area (Å²) >= 11 is 0. The van der Waals surface area contributed by atoms with Crippen molar-refractivity contribution in [2.24, 2.45) is 0 Å². The molecule has 1 fully saturated rings. The standard InChI is InChI=1S/C17H15FO/c18-13-6-5-12-9-11-3-1-2-4-14(11)15-7-8-19-17(15)16(12)10-13/h1-6,10,15,17H,7-9H2/t15-,17+/m1/s1. The van der Waals surface area contributed by atoms with Crippen LogP contribution in [-0.4, -0.2) is 6.61 Å². The van der Waals surface area contributed by atoms with Gasteiger partial charge in [0.1, 0.15) is 5.82 Å². The van der Waals surface area contributed by atoms with Crippen molar-refractivity contribution in [2.75, 3.05) is 6.61 Å². The van der Waals surface area contributed by atoms with E-state index in [4.69, 9.17) is 4.74 Å². The minimum Gasteiger partial charge on any atom is -0.373 e. The van der Waals surface area contributed by atoms with Crippen molar-refractivity contribution in [3.63, 3.8) is 0 Å². The van der Waals surface area contributed by atoms with Crippen LogP contribution in [0.1, 0.15) is 40.7 Å². The second-order valence-electron chi connectivity index (χ2n) is 5.41.